The molecule has 3 rings (SSSR count). The standard InChI is InChI=1S/C14H9Cl3N2O/c15-7-1-2-12-11(6-7)13(14(20)19-12)18-10-4-8(16)3-9(17)5-10/h1-6,13,18H,(H,19,20). The fraction of sp³-hybridized carbons (Fsp3) is 0.0714. The van der Waals surface area contributed by atoms with E-state index < -0.39 is 6.04 Å². The van der Waals surface area contributed by atoms with Crippen LogP contribution in [0.3, 0.4) is 0 Å². The number of amides is 1. The Morgan fingerprint density at radius 2 is 1.65 bits per heavy atom. The quantitative estimate of drug-likeness (QED) is 0.835. The summed E-state index contributed by atoms with van der Waals surface area (Å²) in [6.07, 6.45) is 0. The highest BCUT2D eigenvalue weighted by Crippen LogP contribution is 2.35. The molecule has 1 amide bonds. The van der Waals surface area contributed by atoms with Gasteiger partial charge in [-0.05, 0) is 36.4 Å². The number of hydrogen-bond acceptors (Lipinski definition) is 2. The average molecular weight is 328 g/mol. The van der Waals surface area contributed by atoms with E-state index in [-0.39, 0.29) is 5.91 Å². The molecule has 1 aliphatic rings. The first kappa shape index (κ1) is 13.6. The number of halogens is 3. The number of benzene rings is 2. The molecule has 0 spiro atoms. The van der Waals surface area contributed by atoms with Crippen LogP contribution in [0.2, 0.25) is 15.1 Å². The molecule has 0 fully saturated rings. The Labute approximate surface area is 130 Å². The predicted octanol–water partition coefficient (Wildman–Crippen LogP) is 4.75. The van der Waals surface area contributed by atoms with Crippen LogP contribution >= 0.6 is 34.8 Å². The summed E-state index contributed by atoms with van der Waals surface area (Å²) in [7, 11) is 0. The minimum Gasteiger partial charge on any atom is -0.370 e. The smallest absolute Gasteiger partial charge is 0.251 e. The van der Waals surface area contributed by atoms with Gasteiger partial charge in [-0.1, -0.05) is 34.8 Å². The summed E-state index contributed by atoms with van der Waals surface area (Å²) in [4.78, 5) is 12.0. The van der Waals surface area contributed by atoms with Crippen molar-refractivity contribution in [1.82, 2.24) is 0 Å². The van der Waals surface area contributed by atoms with Crippen molar-refractivity contribution in [3.63, 3.8) is 0 Å². The molecule has 2 aromatic carbocycles. The van der Waals surface area contributed by atoms with Gasteiger partial charge in [0.05, 0.1) is 0 Å². The Bertz CT molecular complexity index is 683. The molecule has 0 aromatic heterocycles. The number of carbonyl (C=O) groups excluding carboxylic acids is 1. The minimum atomic E-state index is -0.516. The highest BCUT2D eigenvalue weighted by Gasteiger charge is 2.30. The summed E-state index contributed by atoms with van der Waals surface area (Å²) in [5, 5.41) is 7.50. The lowest BCUT2D eigenvalue weighted by Gasteiger charge is -2.13. The topological polar surface area (TPSA) is 41.1 Å². The van der Waals surface area contributed by atoms with Crippen molar-refractivity contribution in [3.05, 3.63) is 57.0 Å². The summed E-state index contributed by atoms with van der Waals surface area (Å²) >= 11 is 17.9. The van der Waals surface area contributed by atoms with Crippen molar-refractivity contribution in [1.29, 1.82) is 0 Å². The lowest BCUT2D eigenvalue weighted by atomic mass is 10.1. The number of nitrogens with one attached hydrogen (secondary N) is 2. The molecule has 6 heteroatoms. The van der Waals surface area contributed by atoms with E-state index in [1.54, 1.807) is 36.4 Å². The van der Waals surface area contributed by atoms with Crippen LogP contribution in [0, 0.1) is 0 Å². The van der Waals surface area contributed by atoms with Gasteiger partial charge in [0.15, 0.2) is 0 Å². The molecule has 102 valence electrons. The molecular formula is C14H9Cl3N2O. The van der Waals surface area contributed by atoms with Crippen LogP contribution < -0.4 is 10.6 Å². The predicted molar refractivity (Wildman–Crippen MR) is 82.9 cm³/mol. The summed E-state index contributed by atoms with van der Waals surface area (Å²) in [5.74, 6) is -0.140. The Kier molecular flexibility index (Phi) is 3.50. The van der Waals surface area contributed by atoms with E-state index in [1.807, 2.05) is 0 Å². The Morgan fingerprint density at radius 1 is 0.950 bits per heavy atom. The summed E-state index contributed by atoms with van der Waals surface area (Å²) in [6.45, 7) is 0. The van der Waals surface area contributed by atoms with E-state index in [9.17, 15) is 4.79 Å². The molecular weight excluding hydrogens is 319 g/mol. The number of rotatable bonds is 2. The van der Waals surface area contributed by atoms with Gasteiger partial charge in [0, 0.05) is 32.0 Å². The average Bonchev–Trinajstić information content (AvgIpc) is 2.65. The van der Waals surface area contributed by atoms with E-state index in [2.05, 4.69) is 10.6 Å². The van der Waals surface area contributed by atoms with E-state index in [0.717, 1.165) is 11.3 Å². The van der Waals surface area contributed by atoms with Gasteiger partial charge < -0.3 is 10.6 Å². The second-order valence-corrected chi connectivity index (χ2v) is 5.77. The first-order chi connectivity index (χ1) is 9.52. The molecule has 1 aliphatic heterocycles. The zero-order valence-corrected chi connectivity index (χ0v) is 12.4. The molecule has 0 saturated carbocycles. The van der Waals surface area contributed by atoms with E-state index in [4.69, 9.17) is 34.8 Å². The van der Waals surface area contributed by atoms with Crippen LogP contribution in [-0.4, -0.2) is 5.91 Å². The van der Waals surface area contributed by atoms with Crippen molar-refractivity contribution >= 4 is 52.1 Å². The fourth-order valence-corrected chi connectivity index (χ4v) is 2.89. The second-order valence-electron chi connectivity index (χ2n) is 4.46. The number of fused-ring (bicyclic) bond motifs is 1. The maximum atomic E-state index is 12.0. The zero-order chi connectivity index (χ0) is 14.3. The Balaban J connectivity index is 1.95. The Morgan fingerprint density at radius 3 is 2.35 bits per heavy atom. The van der Waals surface area contributed by atoms with E-state index in [1.165, 1.54) is 0 Å². The molecule has 1 heterocycles. The number of anilines is 2. The molecule has 3 nitrogen and oxygen atoms in total. The van der Waals surface area contributed by atoms with Gasteiger partial charge in [0.25, 0.3) is 5.91 Å². The minimum absolute atomic E-state index is 0.140. The van der Waals surface area contributed by atoms with Crippen LogP contribution in [0.25, 0.3) is 0 Å². The van der Waals surface area contributed by atoms with Gasteiger partial charge in [0.1, 0.15) is 6.04 Å². The van der Waals surface area contributed by atoms with Gasteiger partial charge in [-0.3, -0.25) is 4.79 Å². The van der Waals surface area contributed by atoms with E-state index >= 15 is 0 Å². The maximum absolute atomic E-state index is 12.0. The van der Waals surface area contributed by atoms with Crippen LogP contribution in [0.4, 0.5) is 11.4 Å². The van der Waals surface area contributed by atoms with Crippen molar-refractivity contribution in [3.8, 4) is 0 Å². The number of hydrogen-bond donors (Lipinski definition) is 2. The molecule has 0 aliphatic carbocycles. The monoisotopic (exact) mass is 326 g/mol. The fourth-order valence-electron chi connectivity index (χ4n) is 2.18. The van der Waals surface area contributed by atoms with Crippen molar-refractivity contribution in [2.24, 2.45) is 0 Å². The van der Waals surface area contributed by atoms with Gasteiger partial charge in [-0.2, -0.15) is 0 Å². The normalized spacial score (nSPS) is 16.8. The molecule has 0 bridgehead atoms. The van der Waals surface area contributed by atoms with Crippen LogP contribution in [-0.2, 0) is 4.79 Å². The van der Waals surface area contributed by atoms with Crippen LogP contribution in [0.15, 0.2) is 36.4 Å². The molecule has 0 saturated heterocycles. The SMILES string of the molecule is O=C1Nc2ccc(Cl)cc2C1Nc1cc(Cl)cc(Cl)c1. The molecule has 1 atom stereocenters. The van der Waals surface area contributed by atoms with Gasteiger partial charge in [-0.25, -0.2) is 0 Å². The van der Waals surface area contributed by atoms with Crippen molar-refractivity contribution < 1.29 is 4.79 Å². The molecule has 2 N–H and O–H groups in total. The maximum Gasteiger partial charge on any atom is 0.251 e. The third-order valence-corrected chi connectivity index (χ3v) is 3.69. The lowest BCUT2D eigenvalue weighted by Crippen LogP contribution is -2.19. The molecule has 0 radical (unpaired) electrons. The second kappa shape index (κ2) is 5.17. The van der Waals surface area contributed by atoms with Crippen LogP contribution in [0.5, 0.6) is 0 Å². The van der Waals surface area contributed by atoms with Crippen molar-refractivity contribution in [2.75, 3.05) is 10.6 Å². The van der Waals surface area contributed by atoms with Gasteiger partial charge >= 0.3 is 0 Å². The lowest BCUT2D eigenvalue weighted by molar-refractivity contribution is -0.116. The molecule has 1 unspecified atom stereocenters. The molecule has 2 aromatic rings. The largest absolute Gasteiger partial charge is 0.370 e. The molecule has 20 heavy (non-hydrogen) atoms. The number of carbonyl (C=O) groups is 1. The summed E-state index contributed by atoms with van der Waals surface area (Å²) in [6, 6.07) is 9.82. The van der Waals surface area contributed by atoms with Crippen LogP contribution in [0.1, 0.15) is 11.6 Å². The summed E-state index contributed by atoms with van der Waals surface area (Å²) in [5.41, 5.74) is 2.24. The zero-order valence-electron chi connectivity index (χ0n) is 10.1. The highest BCUT2D eigenvalue weighted by molar-refractivity contribution is 6.35. The summed E-state index contributed by atoms with van der Waals surface area (Å²) < 4.78 is 0. The van der Waals surface area contributed by atoms with Gasteiger partial charge in [-0.15, -0.1) is 0 Å². The first-order valence-corrected chi connectivity index (χ1v) is 6.99. The van der Waals surface area contributed by atoms with Crippen molar-refractivity contribution in [2.45, 2.75) is 6.04 Å². The first-order valence-electron chi connectivity index (χ1n) is 5.86. The highest BCUT2D eigenvalue weighted by atomic mass is 35.5. The third-order valence-electron chi connectivity index (χ3n) is 3.02. The van der Waals surface area contributed by atoms with Gasteiger partial charge in [0.2, 0.25) is 0 Å². The Hall–Kier alpha value is -1.42. The van der Waals surface area contributed by atoms with E-state index in [0.29, 0.717) is 20.8 Å². The third kappa shape index (κ3) is 2.57.